The van der Waals surface area contributed by atoms with Crippen molar-refractivity contribution < 1.29 is 4.79 Å². The maximum absolute atomic E-state index is 12.6. The molecule has 1 aliphatic rings. The van der Waals surface area contributed by atoms with Gasteiger partial charge in [-0.25, -0.2) is 4.98 Å². The third-order valence-corrected chi connectivity index (χ3v) is 3.60. The molecule has 4 nitrogen and oxygen atoms in total. The molecule has 2 rings (SSSR count). The number of anilines is 1. The molecule has 1 saturated carbocycles. The second kappa shape index (κ2) is 6.24. The summed E-state index contributed by atoms with van der Waals surface area (Å²) >= 11 is 6.11. The fraction of sp³-hybridized carbons (Fsp3) is 0.571. The van der Waals surface area contributed by atoms with Gasteiger partial charge in [-0.05, 0) is 31.2 Å². The van der Waals surface area contributed by atoms with Crippen LogP contribution in [0.2, 0.25) is 5.02 Å². The van der Waals surface area contributed by atoms with E-state index in [2.05, 4.69) is 17.2 Å². The number of halogens is 1. The average Bonchev–Trinajstić information content (AvgIpc) is 3.22. The number of hydrogen-bond acceptors (Lipinski definition) is 3. The Labute approximate surface area is 119 Å². The van der Waals surface area contributed by atoms with Gasteiger partial charge in [-0.15, -0.1) is 0 Å². The minimum absolute atomic E-state index is 0.0117. The summed E-state index contributed by atoms with van der Waals surface area (Å²) in [6, 6.07) is 1.72. The number of carbonyl (C=O) groups is 1. The second-order valence-corrected chi connectivity index (χ2v) is 5.40. The van der Waals surface area contributed by atoms with E-state index in [4.69, 9.17) is 11.6 Å². The van der Waals surface area contributed by atoms with Crippen LogP contribution in [-0.2, 0) is 0 Å². The molecule has 0 unspecified atom stereocenters. The first-order chi connectivity index (χ1) is 9.15. The van der Waals surface area contributed by atoms with Crippen LogP contribution in [0.4, 0.5) is 5.82 Å². The van der Waals surface area contributed by atoms with Crippen LogP contribution in [0.25, 0.3) is 0 Å². The largest absolute Gasteiger partial charge is 0.373 e. The lowest BCUT2D eigenvalue weighted by atomic mass is 10.2. The molecule has 0 atom stereocenters. The zero-order valence-corrected chi connectivity index (χ0v) is 12.2. The summed E-state index contributed by atoms with van der Waals surface area (Å²) in [5.74, 6) is 1.35. The standard InChI is InChI=1S/C14H20ClN3O/c1-3-6-18(9-10-4-5-10)14(19)11-7-13(16-2)17-8-12(11)15/h7-8,10H,3-6,9H2,1-2H3,(H,16,17). The van der Waals surface area contributed by atoms with Gasteiger partial charge in [0.25, 0.3) is 5.91 Å². The Hall–Kier alpha value is -1.29. The van der Waals surface area contributed by atoms with Gasteiger partial charge in [0.2, 0.25) is 0 Å². The van der Waals surface area contributed by atoms with E-state index in [1.54, 1.807) is 13.1 Å². The summed E-state index contributed by atoms with van der Waals surface area (Å²) in [4.78, 5) is 18.6. The molecule has 104 valence electrons. The van der Waals surface area contributed by atoms with Crippen LogP contribution < -0.4 is 5.32 Å². The molecule has 0 saturated heterocycles. The quantitative estimate of drug-likeness (QED) is 0.872. The number of hydrogen-bond donors (Lipinski definition) is 1. The Morgan fingerprint density at radius 1 is 1.58 bits per heavy atom. The van der Waals surface area contributed by atoms with Crippen LogP contribution in [0.5, 0.6) is 0 Å². The molecule has 19 heavy (non-hydrogen) atoms. The highest BCUT2D eigenvalue weighted by Crippen LogP contribution is 2.30. The number of nitrogens with zero attached hydrogens (tertiary/aromatic N) is 2. The van der Waals surface area contributed by atoms with Gasteiger partial charge in [-0.2, -0.15) is 0 Å². The minimum Gasteiger partial charge on any atom is -0.373 e. The molecule has 1 heterocycles. The van der Waals surface area contributed by atoms with Crippen molar-refractivity contribution in [1.29, 1.82) is 0 Å². The zero-order chi connectivity index (χ0) is 13.8. The summed E-state index contributed by atoms with van der Waals surface area (Å²) in [5, 5.41) is 3.35. The molecule has 1 N–H and O–H groups in total. The van der Waals surface area contributed by atoms with Crippen molar-refractivity contribution in [3.8, 4) is 0 Å². The van der Waals surface area contributed by atoms with E-state index in [1.165, 1.54) is 19.0 Å². The summed E-state index contributed by atoms with van der Waals surface area (Å²) in [7, 11) is 1.78. The first kappa shape index (κ1) is 14.1. The smallest absolute Gasteiger partial charge is 0.255 e. The molecule has 1 amide bonds. The average molecular weight is 282 g/mol. The third-order valence-electron chi connectivity index (χ3n) is 3.30. The Morgan fingerprint density at radius 3 is 2.89 bits per heavy atom. The van der Waals surface area contributed by atoms with Crippen LogP contribution in [-0.4, -0.2) is 35.9 Å². The molecular weight excluding hydrogens is 262 g/mol. The van der Waals surface area contributed by atoms with Crippen molar-refractivity contribution in [2.45, 2.75) is 26.2 Å². The fourth-order valence-electron chi connectivity index (χ4n) is 2.07. The first-order valence-corrected chi connectivity index (χ1v) is 7.16. The lowest BCUT2D eigenvalue weighted by Crippen LogP contribution is -2.33. The highest BCUT2D eigenvalue weighted by atomic mass is 35.5. The van der Waals surface area contributed by atoms with E-state index in [-0.39, 0.29) is 5.91 Å². The van der Waals surface area contributed by atoms with Crippen molar-refractivity contribution in [2.24, 2.45) is 5.92 Å². The molecule has 1 aliphatic carbocycles. The molecule has 0 bridgehead atoms. The summed E-state index contributed by atoms with van der Waals surface area (Å²) in [5.41, 5.74) is 0.537. The van der Waals surface area contributed by atoms with Crippen molar-refractivity contribution in [2.75, 3.05) is 25.5 Å². The fourth-order valence-corrected chi connectivity index (χ4v) is 2.25. The number of rotatable bonds is 6. The Kier molecular flexibility index (Phi) is 4.64. The normalized spacial score (nSPS) is 14.3. The molecule has 0 aromatic carbocycles. The molecule has 0 radical (unpaired) electrons. The zero-order valence-electron chi connectivity index (χ0n) is 11.4. The van der Waals surface area contributed by atoms with Gasteiger partial charge in [0, 0.05) is 26.3 Å². The lowest BCUT2D eigenvalue weighted by molar-refractivity contribution is 0.0748. The number of aromatic nitrogens is 1. The molecule has 1 aromatic rings. The molecular formula is C14H20ClN3O. The van der Waals surface area contributed by atoms with E-state index >= 15 is 0 Å². The van der Waals surface area contributed by atoms with Gasteiger partial charge in [-0.3, -0.25) is 4.79 Å². The van der Waals surface area contributed by atoms with Crippen molar-refractivity contribution >= 4 is 23.3 Å². The van der Waals surface area contributed by atoms with E-state index in [0.717, 1.165) is 19.5 Å². The van der Waals surface area contributed by atoms with E-state index in [9.17, 15) is 4.79 Å². The topological polar surface area (TPSA) is 45.2 Å². The maximum atomic E-state index is 12.6. The van der Waals surface area contributed by atoms with Crippen LogP contribution in [0, 0.1) is 5.92 Å². The SMILES string of the molecule is CCCN(CC1CC1)C(=O)c1cc(NC)ncc1Cl. The Bertz CT molecular complexity index is 460. The van der Waals surface area contributed by atoms with Gasteiger partial charge in [0.15, 0.2) is 0 Å². The molecule has 5 heteroatoms. The second-order valence-electron chi connectivity index (χ2n) is 4.99. The molecule has 0 spiro atoms. The Balaban J connectivity index is 2.19. The monoisotopic (exact) mass is 281 g/mol. The predicted molar refractivity (Wildman–Crippen MR) is 77.7 cm³/mol. The van der Waals surface area contributed by atoms with Crippen LogP contribution in [0.1, 0.15) is 36.5 Å². The lowest BCUT2D eigenvalue weighted by Gasteiger charge is -2.22. The van der Waals surface area contributed by atoms with E-state index in [1.807, 2.05) is 4.90 Å². The summed E-state index contributed by atoms with van der Waals surface area (Å²) < 4.78 is 0. The first-order valence-electron chi connectivity index (χ1n) is 6.78. The van der Waals surface area contributed by atoms with E-state index < -0.39 is 0 Å². The highest BCUT2D eigenvalue weighted by Gasteiger charge is 2.27. The predicted octanol–water partition coefficient (Wildman–Crippen LogP) is 3.04. The van der Waals surface area contributed by atoms with Gasteiger partial charge in [0.1, 0.15) is 5.82 Å². The van der Waals surface area contributed by atoms with Gasteiger partial charge < -0.3 is 10.2 Å². The molecule has 1 fully saturated rings. The Morgan fingerprint density at radius 2 is 2.32 bits per heavy atom. The minimum atomic E-state index is 0.0117. The third kappa shape index (κ3) is 3.60. The van der Waals surface area contributed by atoms with Crippen LogP contribution >= 0.6 is 11.6 Å². The number of amides is 1. The number of carbonyl (C=O) groups excluding carboxylic acids is 1. The van der Waals surface area contributed by atoms with Crippen LogP contribution in [0.3, 0.4) is 0 Å². The summed E-state index contributed by atoms with van der Waals surface area (Å²) in [6.07, 6.45) is 4.96. The number of pyridine rings is 1. The summed E-state index contributed by atoms with van der Waals surface area (Å²) in [6.45, 7) is 3.71. The van der Waals surface area contributed by atoms with Crippen molar-refractivity contribution in [1.82, 2.24) is 9.88 Å². The highest BCUT2D eigenvalue weighted by molar-refractivity contribution is 6.33. The van der Waals surface area contributed by atoms with Crippen LogP contribution in [0.15, 0.2) is 12.3 Å². The van der Waals surface area contributed by atoms with E-state index in [0.29, 0.717) is 22.3 Å². The maximum Gasteiger partial charge on any atom is 0.255 e. The molecule has 1 aromatic heterocycles. The molecule has 0 aliphatic heterocycles. The van der Waals surface area contributed by atoms with Crippen molar-refractivity contribution in [3.05, 3.63) is 22.8 Å². The van der Waals surface area contributed by atoms with Gasteiger partial charge >= 0.3 is 0 Å². The van der Waals surface area contributed by atoms with Crippen molar-refractivity contribution in [3.63, 3.8) is 0 Å². The van der Waals surface area contributed by atoms with Gasteiger partial charge in [-0.1, -0.05) is 18.5 Å². The number of nitrogens with one attached hydrogen (secondary N) is 1. The van der Waals surface area contributed by atoms with Gasteiger partial charge in [0.05, 0.1) is 10.6 Å².